The molecule has 5 nitrogen and oxygen atoms in total. The number of rotatable bonds is 3. The van der Waals surface area contributed by atoms with Gasteiger partial charge in [-0.3, -0.25) is 9.18 Å². The van der Waals surface area contributed by atoms with E-state index in [4.69, 9.17) is 10.2 Å². The largest absolute Gasteiger partial charge is 0.444 e. The standard InChI is InChI=1S/C11H9NO2.C10H8BrNO.CH3F/c1-8-7-14-11(12-8)10-4-2-9(6-13)3-5-10;1-7-6-13-10(12-7)8-2-4-9(11)5-3-8;1-2/h2-7H,1H3;2-6H,1H3;1H3/i;;1D. The Kier molecular flexibility index (Phi) is 7.89. The zero-order chi connectivity index (χ0) is 21.9. The van der Waals surface area contributed by atoms with E-state index in [-0.39, 0.29) is 0 Å². The third-order valence-corrected chi connectivity index (χ3v) is 4.15. The van der Waals surface area contributed by atoms with E-state index in [1.165, 1.54) is 0 Å². The predicted molar refractivity (Wildman–Crippen MR) is 113 cm³/mol. The lowest BCUT2D eigenvalue weighted by Crippen LogP contribution is -1.81. The van der Waals surface area contributed by atoms with Crippen LogP contribution < -0.4 is 0 Å². The van der Waals surface area contributed by atoms with E-state index in [0.29, 0.717) is 17.3 Å². The van der Waals surface area contributed by atoms with Crippen LogP contribution in [0, 0.1) is 13.8 Å². The monoisotopic (exact) mass is 459 g/mol. The zero-order valence-corrected chi connectivity index (χ0v) is 17.5. The normalized spacial score (nSPS) is 10.1. The Hall–Kier alpha value is -3.06. The van der Waals surface area contributed by atoms with Crippen molar-refractivity contribution in [1.29, 1.82) is 0 Å². The van der Waals surface area contributed by atoms with Crippen molar-refractivity contribution >= 4 is 22.2 Å². The summed E-state index contributed by atoms with van der Waals surface area (Å²) in [5, 5.41) is 0. The van der Waals surface area contributed by atoms with E-state index in [2.05, 4.69) is 25.9 Å². The molecule has 0 saturated heterocycles. The molecule has 4 aromatic rings. The van der Waals surface area contributed by atoms with Gasteiger partial charge in [0.1, 0.15) is 18.8 Å². The maximum absolute atomic E-state index is 10.4. The highest BCUT2D eigenvalue weighted by Gasteiger charge is 2.04. The fourth-order valence-corrected chi connectivity index (χ4v) is 2.53. The van der Waals surface area contributed by atoms with Crippen molar-refractivity contribution in [1.82, 2.24) is 9.97 Å². The summed E-state index contributed by atoms with van der Waals surface area (Å²) in [5.41, 5.74) is 4.27. The number of nitrogens with zero attached hydrogens (tertiary/aromatic N) is 2. The summed E-state index contributed by atoms with van der Waals surface area (Å²) >= 11 is 3.37. The molecule has 0 amide bonds. The Morgan fingerprint density at radius 2 is 1.31 bits per heavy atom. The minimum atomic E-state index is -1.00. The van der Waals surface area contributed by atoms with E-state index in [1.54, 1.807) is 24.7 Å². The molecular formula is C22H20BrFN2O3. The molecule has 0 aliphatic carbocycles. The van der Waals surface area contributed by atoms with Crippen LogP contribution in [0.4, 0.5) is 4.39 Å². The number of oxazole rings is 2. The van der Waals surface area contributed by atoms with Gasteiger partial charge in [-0.2, -0.15) is 0 Å². The lowest BCUT2D eigenvalue weighted by Gasteiger charge is -1.94. The van der Waals surface area contributed by atoms with Gasteiger partial charge in [-0.05, 0) is 50.2 Å². The Labute approximate surface area is 178 Å². The summed E-state index contributed by atoms with van der Waals surface area (Å²) in [6.07, 6.45) is 4.06. The van der Waals surface area contributed by atoms with Gasteiger partial charge in [-0.1, -0.05) is 28.1 Å². The highest BCUT2D eigenvalue weighted by Crippen LogP contribution is 2.21. The second kappa shape index (κ2) is 11.1. The number of halogens is 2. The maximum Gasteiger partial charge on any atom is 0.226 e. The summed E-state index contributed by atoms with van der Waals surface area (Å²) in [7, 11) is -1.00. The van der Waals surface area contributed by atoms with Gasteiger partial charge in [0.05, 0.1) is 19.9 Å². The van der Waals surface area contributed by atoms with Crippen LogP contribution in [0.2, 0.25) is 0 Å². The second-order valence-electron chi connectivity index (χ2n) is 5.83. The molecule has 0 bridgehead atoms. The third-order valence-electron chi connectivity index (χ3n) is 3.62. The van der Waals surface area contributed by atoms with E-state index in [9.17, 15) is 9.18 Å². The van der Waals surface area contributed by atoms with Crippen LogP contribution in [0.5, 0.6) is 0 Å². The minimum absolute atomic E-state index is 0.583. The highest BCUT2D eigenvalue weighted by atomic mass is 79.9. The van der Waals surface area contributed by atoms with Crippen LogP contribution in [0.1, 0.15) is 23.1 Å². The van der Waals surface area contributed by atoms with Crippen molar-refractivity contribution in [2.24, 2.45) is 0 Å². The summed E-state index contributed by atoms with van der Waals surface area (Å²) in [6, 6.07) is 15.0. The number of hydrogen-bond donors (Lipinski definition) is 0. The van der Waals surface area contributed by atoms with E-state index >= 15 is 0 Å². The molecular weight excluding hydrogens is 439 g/mol. The van der Waals surface area contributed by atoms with Gasteiger partial charge in [-0.15, -0.1) is 0 Å². The van der Waals surface area contributed by atoms with Crippen LogP contribution in [0.15, 0.2) is 74.4 Å². The van der Waals surface area contributed by atoms with Crippen LogP contribution in [-0.4, -0.2) is 23.4 Å². The zero-order valence-electron chi connectivity index (χ0n) is 16.9. The van der Waals surface area contributed by atoms with Crippen LogP contribution >= 0.6 is 15.9 Å². The van der Waals surface area contributed by atoms with Gasteiger partial charge in [0.15, 0.2) is 0 Å². The second-order valence-corrected chi connectivity index (χ2v) is 6.75. The first-order valence-electron chi connectivity index (χ1n) is 9.18. The van der Waals surface area contributed by atoms with E-state index in [0.717, 1.165) is 33.3 Å². The van der Waals surface area contributed by atoms with Crippen LogP contribution in [0.3, 0.4) is 0 Å². The fourth-order valence-electron chi connectivity index (χ4n) is 2.27. The summed E-state index contributed by atoms with van der Waals surface area (Å²) in [5.74, 6) is 1.25. The van der Waals surface area contributed by atoms with Crippen molar-refractivity contribution < 1.29 is 19.4 Å². The average Bonchev–Trinajstić information content (AvgIpc) is 3.38. The smallest absolute Gasteiger partial charge is 0.226 e. The first kappa shape index (κ1) is 20.7. The number of aryl methyl sites for hydroxylation is 2. The molecule has 0 atom stereocenters. The first-order chi connectivity index (χ1) is 14.5. The third kappa shape index (κ3) is 6.50. The van der Waals surface area contributed by atoms with Crippen molar-refractivity contribution in [3.63, 3.8) is 0 Å². The van der Waals surface area contributed by atoms with Gasteiger partial charge in [0, 0.05) is 21.2 Å². The number of hydrogen-bond acceptors (Lipinski definition) is 5. The number of carbonyl (C=O) groups excluding carboxylic acids is 1. The fraction of sp³-hybridized carbons (Fsp3) is 0.136. The van der Waals surface area contributed by atoms with Gasteiger partial charge in [0.2, 0.25) is 11.8 Å². The molecule has 150 valence electrons. The molecule has 0 aliphatic rings. The summed E-state index contributed by atoms with van der Waals surface area (Å²) in [6.45, 7) is 3.78. The highest BCUT2D eigenvalue weighted by molar-refractivity contribution is 9.10. The van der Waals surface area contributed by atoms with Crippen LogP contribution in [0.25, 0.3) is 22.9 Å². The Morgan fingerprint density at radius 1 is 0.897 bits per heavy atom. The molecule has 2 aromatic carbocycles. The number of aromatic nitrogens is 2. The van der Waals surface area contributed by atoms with Gasteiger partial charge in [0.25, 0.3) is 0 Å². The van der Waals surface area contributed by atoms with Crippen molar-refractivity contribution in [2.45, 2.75) is 13.8 Å². The Balaban J connectivity index is 0.000000190. The average molecular weight is 460 g/mol. The Morgan fingerprint density at radius 3 is 1.66 bits per heavy atom. The van der Waals surface area contributed by atoms with Gasteiger partial charge < -0.3 is 8.83 Å². The lowest BCUT2D eigenvalue weighted by atomic mass is 10.1. The molecule has 4 rings (SSSR count). The van der Waals surface area contributed by atoms with E-state index in [1.807, 2.05) is 50.2 Å². The number of carbonyl (C=O) groups is 1. The number of aldehydes is 1. The molecule has 0 N–H and O–H groups in total. The van der Waals surface area contributed by atoms with Crippen molar-refractivity contribution in [2.75, 3.05) is 7.15 Å². The number of alkyl halides is 1. The van der Waals surface area contributed by atoms with Gasteiger partial charge in [-0.25, -0.2) is 9.97 Å². The minimum Gasteiger partial charge on any atom is -0.444 e. The molecule has 2 aromatic heterocycles. The van der Waals surface area contributed by atoms with Crippen molar-refractivity contribution in [3.05, 3.63) is 82.5 Å². The molecule has 2 heterocycles. The van der Waals surface area contributed by atoms with E-state index < -0.39 is 7.15 Å². The molecule has 0 fully saturated rings. The molecule has 0 aliphatic heterocycles. The quantitative estimate of drug-likeness (QED) is 0.328. The van der Waals surface area contributed by atoms with Crippen molar-refractivity contribution in [3.8, 4) is 22.9 Å². The van der Waals surface area contributed by atoms with Gasteiger partial charge >= 0.3 is 0 Å². The van der Waals surface area contributed by atoms with Crippen LogP contribution in [-0.2, 0) is 0 Å². The summed E-state index contributed by atoms with van der Waals surface area (Å²) < 4.78 is 27.0. The molecule has 7 heteroatoms. The SMILES string of the molecule is Cc1coc(-c2ccc(Br)cc2)n1.Cc1coc(-c2ccc(C=O)cc2)n1.[2H]CF. The maximum atomic E-state index is 10.4. The topological polar surface area (TPSA) is 69.1 Å². The molecule has 0 spiro atoms. The molecule has 29 heavy (non-hydrogen) atoms. The Bertz CT molecular complexity index is 1050. The predicted octanol–water partition coefficient (Wildman–Crippen LogP) is 6.46. The molecule has 0 unspecified atom stereocenters. The summed E-state index contributed by atoms with van der Waals surface area (Å²) in [4.78, 5) is 18.8. The lowest BCUT2D eigenvalue weighted by molar-refractivity contribution is 0.112. The first-order valence-corrected chi connectivity index (χ1v) is 9.27. The molecule has 0 saturated carbocycles. The number of benzene rings is 2. The molecule has 0 radical (unpaired) electrons.